The van der Waals surface area contributed by atoms with Crippen LogP contribution in [-0.2, 0) is 0 Å². The first-order valence-electron chi connectivity index (χ1n) is 13.4. The molecule has 2 fully saturated rings. The average Bonchev–Trinajstić information content (AvgIpc) is 3.67. The van der Waals surface area contributed by atoms with E-state index in [2.05, 4.69) is 74.3 Å². The molecular formula is C28H32BN7+. The summed E-state index contributed by atoms with van der Waals surface area (Å²) in [6.07, 6.45) is 16.9. The Kier molecular flexibility index (Phi) is 5.33. The lowest BCUT2D eigenvalue weighted by Gasteiger charge is -2.27. The first-order chi connectivity index (χ1) is 17.8. The van der Waals surface area contributed by atoms with Crippen LogP contribution in [0.15, 0.2) is 60.4 Å². The maximum atomic E-state index is 6.04. The predicted octanol–water partition coefficient (Wildman–Crippen LogP) is 4.32. The van der Waals surface area contributed by atoms with Crippen LogP contribution in [0.3, 0.4) is 0 Å². The molecular weight excluding hydrogens is 445 g/mol. The van der Waals surface area contributed by atoms with Crippen molar-refractivity contribution < 1.29 is 4.58 Å². The zero-order valence-electron chi connectivity index (χ0n) is 20.7. The molecule has 181 valence electrons. The lowest BCUT2D eigenvalue weighted by atomic mass is 9.87. The van der Waals surface area contributed by atoms with E-state index in [0.717, 1.165) is 41.5 Å². The zero-order valence-corrected chi connectivity index (χ0v) is 20.7. The second-order valence-electron chi connectivity index (χ2n) is 10.5. The topological polar surface area (TPSA) is 67.9 Å². The van der Waals surface area contributed by atoms with Gasteiger partial charge in [-0.05, 0) is 68.0 Å². The Morgan fingerprint density at radius 2 is 1.67 bits per heavy atom. The van der Waals surface area contributed by atoms with Crippen molar-refractivity contribution >= 4 is 24.6 Å². The molecule has 7 nitrogen and oxygen atoms in total. The van der Waals surface area contributed by atoms with Crippen LogP contribution in [0.5, 0.6) is 0 Å². The first kappa shape index (κ1) is 21.7. The first-order valence-corrected chi connectivity index (χ1v) is 13.4. The number of piperidine rings is 1. The molecule has 0 spiro atoms. The number of rotatable bonds is 3. The van der Waals surface area contributed by atoms with E-state index in [1.54, 1.807) is 0 Å². The molecule has 2 aromatic heterocycles. The predicted molar refractivity (Wildman–Crippen MR) is 143 cm³/mol. The second kappa shape index (κ2) is 8.84. The van der Waals surface area contributed by atoms with E-state index in [1.165, 1.54) is 68.5 Å². The third-order valence-corrected chi connectivity index (χ3v) is 8.19. The van der Waals surface area contributed by atoms with Crippen molar-refractivity contribution in [2.45, 2.75) is 57.3 Å². The minimum atomic E-state index is 0.533. The quantitative estimate of drug-likeness (QED) is 0.347. The van der Waals surface area contributed by atoms with E-state index in [4.69, 9.17) is 5.73 Å². The lowest BCUT2D eigenvalue weighted by molar-refractivity contribution is -0.539. The zero-order chi connectivity index (χ0) is 24.1. The Bertz CT molecular complexity index is 1380. The number of nitrogens with two attached hydrogens (primary N) is 1. The number of hydrogen-bond donors (Lipinski definition) is 1. The molecule has 36 heavy (non-hydrogen) atoms. The largest absolute Gasteiger partial charge is 0.553 e. The van der Waals surface area contributed by atoms with Crippen LogP contribution >= 0.6 is 0 Å². The van der Waals surface area contributed by atoms with Gasteiger partial charge in [0.2, 0.25) is 0 Å². The van der Waals surface area contributed by atoms with E-state index >= 15 is 0 Å². The molecule has 0 bridgehead atoms. The van der Waals surface area contributed by atoms with Gasteiger partial charge in [-0.2, -0.15) is 0 Å². The number of allylic oxidation sites excluding steroid dienone is 1. The van der Waals surface area contributed by atoms with Crippen LogP contribution in [0.4, 0.5) is 5.69 Å². The van der Waals surface area contributed by atoms with E-state index < -0.39 is 0 Å². The minimum absolute atomic E-state index is 0.533. The molecule has 1 saturated carbocycles. The molecule has 4 aliphatic rings. The van der Waals surface area contributed by atoms with Gasteiger partial charge >= 0.3 is 7.55 Å². The number of aromatic nitrogens is 4. The van der Waals surface area contributed by atoms with Crippen molar-refractivity contribution in [2.75, 3.05) is 18.8 Å². The standard InChI is InChI=1S/C28H31BN7/c30-22-11-9-21(10-12-22)28-24-13-15-26(33-17-5-2-6-18-33)35(24)29-36-25(28)14-16-27(36)34-19-23(31-32-34)20-7-3-1-4-8-20/h9-16,19-20,30H,1-8,17-18H2/p+1. The Morgan fingerprint density at radius 3 is 2.47 bits per heavy atom. The molecule has 1 saturated heterocycles. The van der Waals surface area contributed by atoms with Crippen LogP contribution in [-0.4, -0.2) is 55.3 Å². The van der Waals surface area contributed by atoms with E-state index in [-0.39, 0.29) is 0 Å². The molecule has 7 rings (SSSR count). The fraction of sp³-hybridized carbons (Fsp3) is 0.393. The molecule has 5 heterocycles. The van der Waals surface area contributed by atoms with Gasteiger partial charge in [0.15, 0.2) is 0 Å². The van der Waals surface area contributed by atoms with Gasteiger partial charge < -0.3 is 10.2 Å². The summed E-state index contributed by atoms with van der Waals surface area (Å²) in [5.41, 5.74) is 12.7. The Morgan fingerprint density at radius 1 is 0.889 bits per heavy atom. The molecule has 0 amide bonds. The third kappa shape index (κ3) is 3.62. The van der Waals surface area contributed by atoms with E-state index in [9.17, 15) is 0 Å². The number of nitrogens with zero attached hydrogens (tertiary/aromatic N) is 6. The summed E-state index contributed by atoms with van der Waals surface area (Å²) in [4.78, 5) is 2.35. The van der Waals surface area contributed by atoms with Gasteiger partial charge in [0, 0.05) is 28.9 Å². The van der Waals surface area contributed by atoms with E-state index in [1.807, 2.05) is 16.8 Å². The summed E-state index contributed by atoms with van der Waals surface area (Å²) >= 11 is 0. The average molecular weight is 477 g/mol. The summed E-state index contributed by atoms with van der Waals surface area (Å²) < 4.78 is 6.75. The van der Waals surface area contributed by atoms with Gasteiger partial charge in [-0.25, -0.2) is 4.68 Å². The van der Waals surface area contributed by atoms with Gasteiger partial charge in [0.05, 0.1) is 25.0 Å². The Labute approximate surface area is 212 Å². The maximum absolute atomic E-state index is 6.04. The highest BCUT2D eigenvalue weighted by atomic mass is 15.5. The number of nitrogen functional groups attached to an aromatic ring is 1. The number of hydrogen-bond acceptors (Lipinski definition) is 3. The minimum Gasteiger partial charge on any atom is -0.399 e. The fourth-order valence-corrected chi connectivity index (χ4v) is 6.26. The van der Waals surface area contributed by atoms with Gasteiger partial charge in [-0.15, -0.1) is 5.10 Å². The van der Waals surface area contributed by atoms with Crippen molar-refractivity contribution in [3.8, 4) is 5.82 Å². The fourth-order valence-electron chi connectivity index (χ4n) is 6.26. The highest BCUT2D eigenvalue weighted by Crippen LogP contribution is 2.38. The van der Waals surface area contributed by atoms with Gasteiger partial charge in [-0.3, -0.25) is 9.39 Å². The van der Waals surface area contributed by atoms with Crippen LogP contribution < -0.4 is 5.73 Å². The van der Waals surface area contributed by atoms with Crippen molar-refractivity contribution in [3.05, 3.63) is 77.4 Å². The summed E-state index contributed by atoms with van der Waals surface area (Å²) in [5, 5.41) is 9.19. The van der Waals surface area contributed by atoms with Crippen molar-refractivity contribution in [1.29, 1.82) is 0 Å². The summed E-state index contributed by atoms with van der Waals surface area (Å²) in [6.45, 7) is 2.21. The SMILES string of the molecule is Nc1ccc(C2=C3C=CC(=[N+]4CCCCC4)N3[B]n3c2ccc3-n2cc(C3CCCCC3)nn2)cc1. The van der Waals surface area contributed by atoms with Gasteiger partial charge in [0.1, 0.15) is 11.5 Å². The van der Waals surface area contributed by atoms with Crippen LogP contribution in [0.2, 0.25) is 0 Å². The third-order valence-electron chi connectivity index (χ3n) is 8.19. The summed E-state index contributed by atoms with van der Waals surface area (Å²) in [6, 6.07) is 12.6. The second-order valence-corrected chi connectivity index (χ2v) is 10.5. The summed E-state index contributed by atoms with van der Waals surface area (Å²) in [5.74, 6) is 2.80. The van der Waals surface area contributed by atoms with Crippen LogP contribution in [0.25, 0.3) is 11.4 Å². The van der Waals surface area contributed by atoms with Crippen molar-refractivity contribution in [2.24, 2.45) is 0 Å². The van der Waals surface area contributed by atoms with Gasteiger partial charge in [0.25, 0.3) is 5.84 Å². The monoisotopic (exact) mass is 477 g/mol. The van der Waals surface area contributed by atoms with Crippen molar-refractivity contribution in [3.63, 3.8) is 0 Å². The van der Waals surface area contributed by atoms with Crippen LogP contribution in [0, 0.1) is 0 Å². The number of anilines is 1. The normalized spacial score (nSPS) is 20.1. The van der Waals surface area contributed by atoms with Crippen molar-refractivity contribution in [1.82, 2.24) is 24.3 Å². The summed E-state index contributed by atoms with van der Waals surface area (Å²) in [7, 11) is 2.23. The molecule has 1 radical (unpaired) electrons. The maximum Gasteiger partial charge on any atom is 0.553 e. The molecule has 3 aromatic rings. The van der Waals surface area contributed by atoms with Crippen LogP contribution in [0.1, 0.15) is 74.2 Å². The number of benzene rings is 1. The molecule has 1 aromatic carbocycles. The molecule has 3 aliphatic heterocycles. The molecule has 0 atom stereocenters. The van der Waals surface area contributed by atoms with Gasteiger partial charge in [-0.1, -0.05) is 36.6 Å². The molecule has 0 unspecified atom stereocenters. The molecule has 1 aliphatic carbocycles. The molecule has 8 heteroatoms. The number of fused-ring (bicyclic) bond motifs is 2. The molecule has 2 N–H and O–H groups in total. The Hall–Kier alpha value is -3.55. The lowest BCUT2D eigenvalue weighted by Crippen LogP contribution is -2.43. The Balaban J connectivity index is 1.33. The highest BCUT2D eigenvalue weighted by molar-refractivity contribution is 6.40. The smallest absolute Gasteiger partial charge is 0.399 e. The number of amidine groups is 1. The van der Waals surface area contributed by atoms with E-state index in [0.29, 0.717) is 5.92 Å². The highest BCUT2D eigenvalue weighted by Gasteiger charge is 2.40.